The van der Waals surface area contributed by atoms with Crippen molar-refractivity contribution in [1.82, 2.24) is 5.32 Å². The molecule has 0 aromatic rings. The number of carbonyl (C=O) groups excluding carboxylic acids is 2. The molecular weight excluding hydrogens is 226 g/mol. The second-order valence-corrected chi connectivity index (χ2v) is 5.23. The maximum absolute atomic E-state index is 11.6. The number of rotatable bonds is 7. The van der Waals surface area contributed by atoms with Crippen molar-refractivity contribution in [3.8, 4) is 0 Å². The third-order valence-corrected chi connectivity index (χ3v) is 2.60. The number of Topliss-reactive ketones (excluding diaryl/α,β-unsaturated/α-hetero) is 1. The minimum Gasteiger partial charge on any atom is -0.355 e. The molecule has 0 aliphatic heterocycles. The van der Waals surface area contributed by atoms with E-state index in [9.17, 15) is 9.59 Å². The van der Waals surface area contributed by atoms with Gasteiger partial charge in [0.05, 0.1) is 0 Å². The van der Waals surface area contributed by atoms with Gasteiger partial charge in [0.25, 0.3) is 0 Å². The van der Waals surface area contributed by atoms with Gasteiger partial charge in [0.2, 0.25) is 5.91 Å². The number of alkyl halides is 1. The number of nitrogens with one attached hydrogen (secondary N) is 1. The van der Waals surface area contributed by atoms with E-state index in [1.807, 2.05) is 20.8 Å². The van der Waals surface area contributed by atoms with Gasteiger partial charge in [-0.3, -0.25) is 9.59 Å². The maximum Gasteiger partial charge on any atom is 0.234 e. The molecule has 0 fully saturated rings. The molecule has 0 rings (SSSR count). The van der Waals surface area contributed by atoms with Crippen LogP contribution < -0.4 is 5.32 Å². The lowest BCUT2D eigenvalue weighted by atomic mass is 9.88. The molecule has 1 amide bonds. The smallest absolute Gasteiger partial charge is 0.234 e. The van der Waals surface area contributed by atoms with Crippen molar-refractivity contribution >= 4 is 23.3 Å². The largest absolute Gasteiger partial charge is 0.355 e. The van der Waals surface area contributed by atoms with Gasteiger partial charge < -0.3 is 5.32 Å². The molecule has 1 N–H and O–H groups in total. The Balaban J connectivity index is 3.41. The molecule has 0 heterocycles. The van der Waals surface area contributed by atoms with E-state index in [-0.39, 0.29) is 17.2 Å². The fourth-order valence-electron chi connectivity index (χ4n) is 1.24. The van der Waals surface area contributed by atoms with Crippen LogP contribution in [0, 0.1) is 5.41 Å². The lowest BCUT2D eigenvalue weighted by Crippen LogP contribution is -2.25. The van der Waals surface area contributed by atoms with E-state index in [1.165, 1.54) is 0 Å². The Bertz CT molecular complexity index is 234. The van der Waals surface area contributed by atoms with Crippen molar-refractivity contribution in [3.05, 3.63) is 0 Å². The molecule has 0 saturated heterocycles. The molecule has 0 radical (unpaired) electrons. The predicted octanol–water partition coefficient (Wildman–Crippen LogP) is 2.52. The van der Waals surface area contributed by atoms with E-state index < -0.39 is 0 Å². The second kappa shape index (κ2) is 7.66. The highest BCUT2D eigenvalue weighted by atomic mass is 35.5. The average molecular weight is 248 g/mol. The summed E-state index contributed by atoms with van der Waals surface area (Å²) >= 11 is 5.33. The van der Waals surface area contributed by atoms with Gasteiger partial charge in [-0.25, -0.2) is 0 Å². The second-order valence-electron chi connectivity index (χ2n) is 4.97. The van der Waals surface area contributed by atoms with Crippen molar-refractivity contribution in [2.45, 2.75) is 46.5 Å². The first-order valence-electron chi connectivity index (χ1n) is 5.74. The van der Waals surface area contributed by atoms with Gasteiger partial charge in [-0.1, -0.05) is 27.2 Å². The summed E-state index contributed by atoms with van der Waals surface area (Å²) in [6.07, 6.45) is 3.39. The van der Waals surface area contributed by atoms with Gasteiger partial charge in [-0.05, 0) is 12.8 Å². The third-order valence-electron chi connectivity index (χ3n) is 2.36. The van der Waals surface area contributed by atoms with E-state index in [2.05, 4.69) is 5.32 Å². The van der Waals surface area contributed by atoms with Crippen LogP contribution >= 0.6 is 11.6 Å². The Kier molecular flexibility index (Phi) is 7.39. The van der Waals surface area contributed by atoms with Crippen molar-refractivity contribution < 1.29 is 9.59 Å². The summed E-state index contributed by atoms with van der Waals surface area (Å²) in [5.41, 5.74) is -0.229. The normalized spacial score (nSPS) is 11.2. The maximum atomic E-state index is 11.6. The number of unbranched alkanes of at least 4 members (excludes halogenated alkanes) is 2. The van der Waals surface area contributed by atoms with Crippen LogP contribution in [-0.4, -0.2) is 24.1 Å². The summed E-state index contributed by atoms with van der Waals surface area (Å²) in [6.45, 7) is 6.47. The van der Waals surface area contributed by atoms with Gasteiger partial charge in [0, 0.05) is 18.4 Å². The van der Waals surface area contributed by atoms with E-state index in [4.69, 9.17) is 11.6 Å². The number of hydrogen-bond donors (Lipinski definition) is 1. The van der Waals surface area contributed by atoms with Crippen LogP contribution in [0.1, 0.15) is 46.5 Å². The van der Waals surface area contributed by atoms with Crippen molar-refractivity contribution in [2.75, 3.05) is 12.4 Å². The molecule has 16 heavy (non-hydrogen) atoms. The van der Waals surface area contributed by atoms with Crippen molar-refractivity contribution in [1.29, 1.82) is 0 Å². The molecule has 3 nitrogen and oxygen atoms in total. The SMILES string of the molecule is CC(C)(C)C(=O)CCCCCNC(=O)CCl. The Labute approximate surface area is 103 Å². The summed E-state index contributed by atoms with van der Waals surface area (Å²) in [5, 5.41) is 2.69. The number of amides is 1. The van der Waals surface area contributed by atoms with Gasteiger partial charge >= 0.3 is 0 Å². The Morgan fingerprint density at radius 1 is 1.12 bits per heavy atom. The fraction of sp³-hybridized carbons (Fsp3) is 0.833. The highest BCUT2D eigenvalue weighted by Crippen LogP contribution is 2.18. The van der Waals surface area contributed by atoms with E-state index >= 15 is 0 Å². The molecule has 0 saturated carbocycles. The summed E-state index contributed by atoms with van der Waals surface area (Å²) in [7, 11) is 0. The zero-order valence-corrected chi connectivity index (χ0v) is 11.2. The van der Waals surface area contributed by atoms with E-state index in [0.29, 0.717) is 18.7 Å². The first-order chi connectivity index (χ1) is 7.38. The molecule has 0 aliphatic rings. The first-order valence-corrected chi connectivity index (χ1v) is 6.27. The van der Waals surface area contributed by atoms with Crippen LogP contribution in [0.2, 0.25) is 0 Å². The van der Waals surface area contributed by atoms with Gasteiger partial charge in [-0.15, -0.1) is 11.6 Å². The average Bonchev–Trinajstić information content (AvgIpc) is 2.20. The highest BCUT2D eigenvalue weighted by Gasteiger charge is 2.19. The first kappa shape index (κ1) is 15.4. The molecular formula is C12H22ClNO2. The Hall–Kier alpha value is -0.570. The number of halogens is 1. The van der Waals surface area contributed by atoms with Crippen LogP contribution in [-0.2, 0) is 9.59 Å². The molecule has 4 heteroatoms. The summed E-state index contributed by atoms with van der Waals surface area (Å²) in [4.78, 5) is 22.4. The summed E-state index contributed by atoms with van der Waals surface area (Å²) in [5.74, 6) is 0.187. The number of ketones is 1. The van der Waals surface area contributed by atoms with Crippen LogP contribution in [0.3, 0.4) is 0 Å². The predicted molar refractivity (Wildman–Crippen MR) is 66.7 cm³/mol. The molecule has 0 spiro atoms. The molecule has 0 unspecified atom stereocenters. The van der Waals surface area contributed by atoms with E-state index in [1.54, 1.807) is 0 Å². The molecule has 0 aliphatic carbocycles. The lowest BCUT2D eigenvalue weighted by Gasteiger charge is -2.16. The minimum absolute atomic E-state index is 0.0164. The summed E-state index contributed by atoms with van der Waals surface area (Å²) < 4.78 is 0. The molecule has 0 aromatic carbocycles. The molecule has 94 valence electrons. The number of hydrogen-bond acceptors (Lipinski definition) is 2. The Morgan fingerprint density at radius 3 is 2.25 bits per heavy atom. The monoisotopic (exact) mass is 247 g/mol. The van der Waals surface area contributed by atoms with Crippen LogP contribution in [0.4, 0.5) is 0 Å². The van der Waals surface area contributed by atoms with Gasteiger partial charge in [0.15, 0.2) is 0 Å². The summed E-state index contributed by atoms with van der Waals surface area (Å²) in [6, 6.07) is 0. The van der Waals surface area contributed by atoms with Crippen LogP contribution in [0.15, 0.2) is 0 Å². The van der Waals surface area contributed by atoms with Crippen LogP contribution in [0.25, 0.3) is 0 Å². The topological polar surface area (TPSA) is 46.2 Å². The minimum atomic E-state index is -0.229. The quantitative estimate of drug-likeness (QED) is 0.555. The van der Waals surface area contributed by atoms with Crippen molar-refractivity contribution in [2.24, 2.45) is 5.41 Å². The van der Waals surface area contributed by atoms with E-state index in [0.717, 1.165) is 19.3 Å². The molecule has 0 atom stereocenters. The fourth-order valence-corrected chi connectivity index (χ4v) is 1.33. The standard InChI is InChI=1S/C12H22ClNO2/c1-12(2,3)10(15)7-5-4-6-8-14-11(16)9-13/h4-9H2,1-3H3,(H,14,16). The molecule has 0 bridgehead atoms. The molecule has 0 aromatic heterocycles. The lowest BCUT2D eigenvalue weighted by molar-refractivity contribution is -0.126. The Morgan fingerprint density at radius 2 is 1.75 bits per heavy atom. The van der Waals surface area contributed by atoms with Crippen molar-refractivity contribution in [3.63, 3.8) is 0 Å². The third kappa shape index (κ3) is 7.69. The van der Waals surface area contributed by atoms with Gasteiger partial charge in [0.1, 0.15) is 11.7 Å². The van der Waals surface area contributed by atoms with Gasteiger partial charge in [-0.2, -0.15) is 0 Å². The zero-order valence-electron chi connectivity index (χ0n) is 10.4. The number of carbonyl (C=O) groups is 2. The highest BCUT2D eigenvalue weighted by molar-refractivity contribution is 6.27. The van der Waals surface area contributed by atoms with Crippen LogP contribution in [0.5, 0.6) is 0 Å². The zero-order chi connectivity index (χ0) is 12.6.